The van der Waals surface area contributed by atoms with Crippen molar-refractivity contribution in [1.29, 1.82) is 0 Å². The Bertz CT molecular complexity index is 473. The topological polar surface area (TPSA) is 81.1 Å². The summed E-state index contributed by atoms with van der Waals surface area (Å²) in [7, 11) is 0. The highest BCUT2D eigenvalue weighted by Crippen LogP contribution is 2.30. The number of hydrogen-bond acceptors (Lipinski definition) is 3. The number of amides is 1. The molecule has 0 spiro atoms. The van der Waals surface area contributed by atoms with Gasteiger partial charge in [0.05, 0.1) is 11.4 Å². The summed E-state index contributed by atoms with van der Waals surface area (Å²) in [6.45, 7) is 3.28. The van der Waals surface area contributed by atoms with Gasteiger partial charge in [0.25, 0.3) is 0 Å². The van der Waals surface area contributed by atoms with Crippen LogP contribution >= 0.6 is 0 Å². The number of rotatable bonds is 5. The fraction of sp³-hybridized carbons (Fsp3) is 0.562. The molecule has 1 aliphatic rings. The molecule has 0 bridgehead atoms. The number of nitrogen functional groups attached to an aromatic ring is 1. The Morgan fingerprint density at radius 3 is 2.85 bits per heavy atom. The van der Waals surface area contributed by atoms with E-state index >= 15 is 0 Å². The standard InChI is InChI=1S/C16H25N3O/c1-11-3-2-4-12(9-11)7-8-19-15-6-5-13(16(18)20)10-14(15)17/h5-6,10-12,19H,2-4,7-9,17H2,1H3,(H2,18,20). The van der Waals surface area contributed by atoms with E-state index in [2.05, 4.69) is 12.2 Å². The van der Waals surface area contributed by atoms with E-state index < -0.39 is 5.91 Å². The van der Waals surface area contributed by atoms with Crippen LogP contribution in [0.25, 0.3) is 0 Å². The lowest BCUT2D eigenvalue weighted by Crippen LogP contribution is -2.17. The van der Waals surface area contributed by atoms with Gasteiger partial charge in [-0.05, 0) is 42.9 Å². The molecule has 0 saturated heterocycles. The molecular formula is C16H25N3O. The summed E-state index contributed by atoms with van der Waals surface area (Å²) in [4.78, 5) is 11.1. The Labute approximate surface area is 120 Å². The summed E-state index contributed by atoms with van der Waals surface area (Å²) in [5, 5.41) is 3.36. The first-order valence-corrected chi connectivity index (χ1v) is 7.49. The minimum absolute atomic E-state index is 0.445. The molecule has 1 aliphatic carbocycles. The summed E-state index contributed by atoms with van der Waals surface area (Å²) in [6.07, 6.45) is 6.62. The van der Waals surface area contributed by atoms with Gasteiger partial charge in [-0.2, -0.15) is 0 Å². The van der Waals surface area contributed by atoms with Crippen molar-refractivity contribution >= 4 is 17.3 Å². The predicted octanol–water partition coefficient (Wildman–Crippen LogP) is 3.00. The van der Waals surface area contributed by atoms with Crippen LogP contribution in [0.4, 0.5) is 11.4 Å². The van der Waals surface area contributed by atoms with Crippen LogP contribution in [0.2, 0.25) is 0 Å². The zero-order chi connectivity index (χ0) is 14.5. The first-order valence-electron chi connectivity index (χ1n) is 7.49. The maximum absolute atomic E-state index is 11.1. The van der Waals surface area contributed by atoms with E-state index in [1.807, 2.05) is 6.07 Å². The Kier molecular flexibility index (Phi) is 4.88. The number of primary amides is 1. The highest BCUT2D eigenvalue weighted by atomic mass is 16.1. The molecule has 110 valence electrons. The van der Waals surface area contributed by atoms with Gasteiger partial charge in [-0.25, -0.2) is 0 Å². The van der Waals surface area contributed by atoms with Gasteiger partial charge in [-0.15, -0.1) is 0 Å². The zero-order valence-electron chi connectivity index (χ0n) is 12.2. The number of carbonyl (C=O) groups excluding carboxylic acids is 1. The molecule has 1 fully saturated rings. The van der Waals surface area contributed by atoms with Gasteiger partial charge in [0.15, 0.2) is 0 Å². The molecule has 1 aromatic carbocycles. The smallest absolute Gasteiger partial charge is 0.248 e. The second-order valence-electron chi connectivity index (χ2n) is 6.02. The highest BCUT2D eigenvalue weighted by molar-refractivity contribution is 5.94. The first kappa shape index (κ1) is 14.7. The van der Waals surface area contributed by atoms with Crippen LogP contribution in [0.1, 0.15) is 49.4 Å². The van der Waals surface area contributed by atoms with Crippen LogP contribution in [0.5, 0.6) is 0 Å². The van der Waals surface area contributed by atoms with E-state index in [0.29, 0.717) is 11.3 Å². The number of carbonyl (C=O) groups is 1. The van der Waals surface area contributed by atoms with Crippen LogP contribution in [0, 0.1) is 11.8 Å². The molecule has 0 aromatic heterocycles. The maximum atomic E-state index is 11.1. The lowest BCUT2D eigenvalue weighted by molar-refractivity contribution is 0.100. The third-order valence-corrected chi connectivity index (χ3v) is 4.25. The van der Waals surface area contributed by atoms with E-state index in [1.165, 1.54) is 32.1 Å². The van der Waals surface area contributed by atoms with Gasteiger partial charge in [0.2, 0.25) is 5.91 Å². The van der Waals surface area contributed by atoms with E-state index in [4.69, 9.17) is 11.5 Å². The summed E-state index contributed by atoms with van der Waals surface area (Å²) < 4.78 is 0. The summed E-state index contributed by atoms with van der Waals surface area (Å²) in [5.41, 5.74) is 13.1. The molecule has 2 rings (SSSR count). The average Bonchev–Trinajstić information content (AvgIpc) is 2.40. The zero-order valence-corrected chi connectivity index (χ0v) is 12.2. The summed E-state index contributed by atoms with van der Waals surface area (Å²) in [6, 6.07) is 5.18. The quantitative estimate of drug-likeness (QED) is 0.722. The molecule has 0 radical (unpaired) electrons. The maximum Gasteiger partial charge on any atom is 0.248 e. The third-order valence-electron chi connectivity index (χ3n) is 4.25. The van der Waals surface area contributed by atoms with Gasteiger partial charge in [0, 0.05) is 12.1 Å². The molecule has 5 N–H and O–H groups in total. The molecule has 2 unspecified atom stereocenters. The van der Waals surface area contributed by atoms with E-state index in [1.54, 1.807) is 12.1 Å². The molecule has 1 aromatic rings. The lowest BCUT2D eigenvalue weighted by atomic mass is 9.81. The van der Waals surface area contributed by atoms with Crippen LogP contribution in [-0.4, -0.2) is 12.5 Å². The van der Waals surface area contributed by atoms with Gasteiger partial charge in [-0.3, -0.25) is 4.79 Å². The minimum atomic E-state index is -0.445. The van der Waals surface area contributed by atoms with Gasteiger partial charge < -0.3 is 16.8 Å². The number of nitrogens with two attached hydrogens (primary N) is 2. The molecule has 0 aliphatic heterocycles. The molecule has 2 atom stereocenters. The third kappa shape index (κ3) is 3.89. The van der Waals surface area contributed by atoms with Crippen LogP contribution in [0.3, 0.4) is 0 Å². The number of hydrogen-bond donors (Lipinski definition) is 3. The van der Waals surface area contributed by atoms with Gasteiger partial charge >= 0.3 is 0 Å². The molecule has 1 amide bonds. The SMILES string of the molecule is CC1CCCC(CCNc2ccc(C(N)=O)cc2N)C1. The fourth-order valence-electron chi connectivity index (χ4n) is 3.11. The molecule has 0 heterocycles. The van der Waals surface area contributed by atoms with Crippen LogP contribution < -0.4 is 16.8 Å². The van der Waals surface area contributed by atoms with E-state index in [9.17, 15) is 4.79 Å². The van der Waals surface area contributed by atoms with E-state index in [-0.39, 0.29) is 0 Å². The second kappa shape index (κ2) is 6.64. The molecule has 20 heavy (non-hydrogen) atoms. The van der Waals surface area contributed by atoms with Crippen molar-refractivity contribution in [3.8, 4) is 0 Å². The van der Waals surface area contributed by atoms with Crippen molar-refractivity contribution in [2.24, 2.45) is 17.6 Å². The van der Waals surface area contributed by atoms with E-state index in [0.717, 1.165) is 24.1 Å². The van der Waals surface area contributed by atoms with Crippen molar-refractivity contribution in [3.63, 3.8) is 0 Å². The predicted molar refractivity (Wildman–Crippen MR) is 83.6 cm³/mol. The normalized spacial score (nSPS) is 22.4. The monoisotopic (exact) mass is 275 g/mol. The van der Waals surface area contributed by atoms with Crippen molar-refractivity contribution in [1.82, 2.24) is 0 Å². The number of benzene rings is 1. The Morgan fingerprint density at radius 1 is 1.40 bits per heavy atom. The molecular weight excluding hydrogens is 250 g/mol. The minimum Gasteiger partial charge on any atom is -0.397 e. The molecule has 4 nitrogen and oxygen atoms in total. The number of nitrogens with one attached hydrogen (secondary N) is 1. The molecule has 1 saturated carbocycles. The van der Waals surface area contributed by atoms with Crippen molar-refractivity contribution in [2.75, 3.05) is 17.6 Å². The fourth-order valence-corrected chi connectivity index (χ4v) is 3.11. The highest BCUT2D eigenvalue weighted by Gasteiger charge is 2.18. The Balaban J connectivity index is 1.83. The lowest BCUT2D eigenvalue weighted by Gasteiger charge is -2.26. The largest absolute Gasteiger partial charge is 0.397 e. The van der Waals surface area contributed by atoms with Gasteiger partial charge in [-0.1, -0.05) is 26.2 Å². The Morgan fingerprint density at radius 2 is 2.20 bits per heavy atom. The Hall–Kier alpha value is -1.71. The number of anilines is 2. The van der Waals surface area contributed by atoms with Crippen molar-refractivity contribution in [3.05, 3.63) is 23.8 Å². The first-order chi connectivity index (χ1) is 9.56. The van der Waals surface area contributed by atoms with Crippen molar-refractivity contribution < 1.29 is 4.79 Å². The second-order valence-corrected chi connectivity index (χ2v) is 6.02. The van der Waals surface area contributed by atoms with Gasteiger partial charge in [0.1, 0.15) is 0 Å². The van der Waals surface area contributed by atoms with Crippen LogP contribution in [0.15, 0.2) is 18.2 Å². The van der Waals surface area contributed by atoms with Crippen molar-refractivity contribution in [2.45, 2.75) is 39.0 Å². The summed E-state index contributed by atoms with van der Waals surface area (Å²) >= 11 is 0. The van der Waals surface area contributed by atoms with Crippen LogP contribution in [-0.2, 0) is 0 Å². The summed E-state index contributed by atoms with van der Waals surface area (Å²) in [5.74, 6) is 1.26. The molecule has 4 heteroatoms. The average molecular weight is 275 g/mol.